The van der Waals surface area contributed by atoms with Gasteiger partial charge in [0.05, 0.1) is 47.2 Å². The lowest BCUT2D eigenvalue weighted by molar-refractivity contribution is -0.438. The molecule has 0 aromatic heterocycles. The number of ether oxygens (including phenoxy) is 6. The summed E-state index contributed by atoms with van der Waals surface area (Å²) in [6.45, 7) is 24.2. The van der Waals surface area contributed by atoms with Gasteiger partial charge in [-0.2, -0.15) is 13.0 Å². The number of aliphatic hydroxyl groups is 3. The standard InChI is InChI=1S/C92H110N4O19S2/c1-14-15-26-50-95-66-38-24-22-36-64(66)87(7,8)69(95)46-40-59-34-29-35-60(41-47-70-88(9,10)65-37-23-25-39-67(65)96(70)51-27-28-52-117(107,108)109)79(59)116-63-44-42-62(43-45-63)93-73(99)48-49-74(100)112-78(76(58-30-18-16-19-31-58)94-85(105)115-86(4,5)6)84(104)111-68-54-92(106)82(113-83(103)61-32-20-17-21-33-61)80-90(13,81(102)77(101)75(56(68)2)89(92,11)12)71(98)53-72-91(80,55-110-72)114-57(3)97/h16-25,30-33,36-47,68,71-72,76-78,80,82,98,101,106H,14-15,26-29,34-35,48-55H2,1-13H3,(H2-,93,94,99,105,107,108,109)/p+1/t68-,71-,72+,76-,77+,78+,80-,82-,90+,91-,92+/m0/s1. The van der Waals surface area contributed by atoms with Gasteiger partial charge in [-0.15, -0.1) is 0 Å². The molecular formula is C92H111N4O19S2+. The fraction of sp³-hybridized carbons (Fsp3) is 0.478. The van der Waals surface area contributed by atoms with Crippen LogP contribution >= 0.6 is 11.8 Å². The smallest absolute Gasteiger partial charge is 0.408 e. The van der Waals surface area contributed by atoms with Crippen molar-refractivity contribution in [2.75, 3.05) is 35.7 Å². The summed E-state index contributed by atoms with van der Waals surface area (Å²) in [6, 6.07) is 38.6. The Bertz CT molecular complexity index is 4960. The number of thioether (sulfide) groups is 1. The van der Waals surface area contributed by atoms with Gasteiger partial charge in [-0.3, -0.25) is 23.7 Å². The molecule has 2 bridgehead atoms. The van der Waals surface area contributed by atoms with Crippen LogP contribution in [0, 0.1) is 16.7 Å². The molecule has 117 heavy (non-hydrogen) atoms. The van der Waals surface area contributed by atoms with Gasteiger partial charge >= 0.3 is 30.0 Å². The summed E-state index contributed by atoms with van der Waals surface area (Å²) in [5.41, 5.74) is -0.183. The van der Waals surface area contributed by atoms with Gasteiger partial charge in [-0.25, -0.2) is 14.4 Å². The summed E-state index contributed by atoms with van der Waals surface area (Å²) in [5, 5.41) is 44.6. The number of hydrogen-bond donors (Lipinski definition) is 6. The van der Waals surface area contributed by atoms with E-state index in [1.165, 1.54) is 56.8 Å². The first-order valence-electron chi connectivity index (χ1n) is 40.6. The first kappa shape index (κ1) is 87.0. The number of fused-ring (bicyclic) bond motifs is 7. The van der Waals surface area contributed by atoms with Gasteiger partial charge in [0.15, 0.2) is 17.1 Å². The highest BCUT2D eigenvalue weighted by atomic mass is 32.2. The van der Waals surface area contributed by atoms with Crippen LogP contribution < -0.4 is 15.5 Å². The third kappa shape index (κ3) is 17.7. The van der Waals surface area contributed by atoms with Crippen LogP contribution in [-0.4, -0.2) is 159 Å². The van der Waals surface area contributed by atoms with Crippen LogP contribution in [0.15, 0.2) is 196 Å². The maximum atomic E-state index is 15.7. The first-order valence-corrected chi connectivity index (χ1v) is 43.0. The number of allylic oxidation sites excluding steroid dienone is 7. The number of esters is 4. The maximum Gasteiger partial charge on any atom is 0.408 e. The van der Waals surface area contributed by atoms with E-state index in [1.807, 2.05) is 24.3 Å². The predicted octanol–water partition coefficient (Wildman–Crippen LogP) is 14.9. The van der Waals surface area contributed by atoms with Crippen LogP contribution in [0.4, 0.5) is 21.9 Å². The quantitative estimate of drug-likeness (QED) is 0.00710. The Balaban J connectivity index is 0.833. The molecule has 23 nitrogen and oxygen atoms in total. The van der Waals surface area contributed by atoms with Crippen molar-refractivity contribution in [1.82, 2.24) is 5.32 Å². The van der Waals surface area contributed by atoms with Crippen LogP contribution in [0.1, 0.15) is 200 Å². The third-order valence-electron chi connectivity index (χ3n) is 24.7. The van der Waals surface area contributed by atoms with Crippen molar-refractivity contribution in [2.45, 2.75) is 242 Å². The van der Waals surface area contributed by atoms with E-state index < -0.39 is 153 Å². The average Bonchev–Trinajstić information content (AvgIpc) is 1.50. The van der Waals surface area contributed by atoms with Gasteiger partial charge in [0.2, 0.25) is 17.7 Å². The Morgan fingerprint density at radius 2 is 1.45 bits per heavy atom. The molecule has 1 saturated heterocycles. The number of anilines is 2. The highest BCUT2D eigenvalue weighted by molar-refractivity contribution is 8.03. The number of carbonyl (C=O) groups excluding carboxylic acids is 7. The Kier molecular flexibility index (Phi) is 25.7. The SMILES string of the molecule is CCCCC[N+]1=C(C=CC2=C(Sc3ccc(NC(=O)CCC(=O)O[C@@H](C(=O)O[C@H]4C[C@@]5(O)[C@@H](OC(=O)c6ccccc6)[C@@H]6[C@]7(OC(C)=O)CO[C@@H]7C[C@H](O)[C@@]6(C)C(=O)[C@H](O)C(=C4C)C5(C)C)[C@@H](NC(=O)OC(C)(C)C)c4ccccc4)cc3)C(=CC=C3N(CCCCS(=O)(=O)O)c4ccccc4C3(C)C)CCC2)C(C)(C)c2ccccc21. The van der Waals surface area contributed by atoms with Crippen molar-refractivity contribution in [2.24, 2.45) is 16.7 Å². The number of amides is 2. The highest BCUT2D eigenvalue weighted by Crippen LogP contribution is 2.65. The van der Waals surface area contributed by atoms with Crippen LogP contribution in [0.2, 0.25) is 0 Å². The molecule has 6 N–H and O–H groups in total. The third-order valence-corrected chi connectivity index (χ3v) is 26.7. The zero-order valence-electron chi connectivity index (χ0n) is 69.1. The summed E-state index contributed by atoms with van der Waals surface area (Å²) in [5.74, 6) is -7.72. The Labute approximate surface area is 690 Å². The molecule has 25 heteroatoms. The van der Waals surface area contributed by atoms with E-state index in [2.05, 4.69) is 115 Å². The Hall–Kier alpha value is -9.34. The molecule has 7 aliphatic rings. The van der Waals surface area contributed by atoms with E-state index in [4.69, 9.17) is 28.4 Å². The molecule has 624 valence electrons. The molecule has 12 rings (SSSR count). The molecule has 0 radical (unpaired) electrons. The number of alkyl carbamates (subject to hydrolysis) is 1. The summed E-state index contributed by atoms with van der Waals surface area (Å²) in [6.07, 6.45) is 2.04. The number of aliphatic hydroxyl groups excluding tert-OH is 2. The number of hydrogen-bond acceptors (Lipinski definition) is 20. The van der Waals surface area contributed by atoms with Gasteiger partial charge in [0, 0.05) is 94.6 Å². The van der Waals surface area contributed by atoms with Crippen molar-refractivity contribution < 1.29 is 94.8 Å². The zero-order valence-corrected chi connectivity index (χ0v) is 70.7. The van der Waals surface area contributed by atoms with E-state index in [1.54, 1.807) is 93.2 Å². The lowest BCUT2D eigenvalue weighted by Crippen LogP contribution is -2.81. The second-order valence-electron chi connectivity index (χ2n) is 34.7. The second kappa shape index (κ2) is 34.5. The van der Waals surface area contributed by atoms with Crippen molar-refractivity contribution in [1.29, 1.82) is 0 Å². The Morgan fingerprint density at radius 3 is 2.11 bits per heavy atom. The second-order valence-corrected chi connectivity index (χ2v) is 37.3. The van der Waals surface area contributed by atoms with E-state index in [9.17, 15) is 52.3 Å². The lowest BCUT2D eigenvalue weighted by Gasteiger charge is -2.67. The first-order chi connectivity index (χ1) is 55.2. The number of carbonyl (C=O) groups is 7. The van der Waals surface area contributed by atoms with E-state index in [0.29, 0.717) is 25.1 Å². The van der Waals surface area contributed by atoms with E-state index >= 15 is 9.59 Å². The summed E-state index contributed by atoms with van der Waals surface area (Å²) >= 11 is 1.62. The van der Waals surface area contributed by atoms with Gasteiger partial charge in [0.1, 0.15) is 48.2 Å². The number of Topliss-reactive ketones (excluding diaryl/α,β-unsaturated/α-hetero) is 1. The molecule has 4 aliphatic carbocycles. The van der Waals surface area contributed by atoms with Crippen LogP contribution in [0.5, 0.6) is 0 Å². The molecule has 5 aromatic rings. The molecule has 3 fully saturated rings. The number of ketones is 1. The fourth-order valence-electron chi connectivity index (χ4n) is 18.6. The summed E-state index contributed by atoms with van der Waals surface area (Å²) < 4.78 is 72.6. The number of benzene rings is 5. The van der Waals surface area contributed by atoms with Crippen LogP contribution in [0.3, 0.4) is 0 Å². The summed E-state index contributed by atoms with van der Waals surface area (Å²) in [4.78, 5) is 106. The highest BCUT2D eigenvalue weighted by Gasteiger charge is 2.78. The number of para-hydroxylation sites is 2. The number of nitrogens with zero attached hydrogens (tertiary/aromatic N) is 2. The van der Waals surface area contributed by atoms with Gasteiger partial charge < -0.3 is 59.3 Å². The molecule has 5 aromatic carbocycles. The number of unbranched alkanes of at least 4 members (excludes halogenated alkanes) is 3. The lowest BCUT2D eigenvalue weighted by atomic mass is 9.44. The summed E-state index contributed by atoms with van der Waals surface area (Å²) in [7, 11) is -4.13. The van der Waals surface area contributed by atoms with E-state index in [0.717, 1.165) is 89.9 Å². The van der Waals surface area contributed by atoms with Gasteiger partial charge in [0.25, 0.3) is 10.1 Å². The largest absolute Gasteiger partial charge is 0.455 e. The number of nitrogens with one attached hydrogen (secondary N) is 2. The molecule has 11 atom stereocenters. The van der Waals surface area contributed by atoms with Crippen LogP contribution in [0.25, 0.3) is 0 Å². The molecule has 3 aliphatic heterocycles. The minimum Gasteiger partial charge on any atom is -0.455 e. The molecule has 2 amide bonds. The van der Waals surface area contributed by atoms with E-state index in [-0.39, 0.29) is 46.5 Å². The normalized spacial score (nSPS) is 26.2. The van der Waals surface area contributed by atoms with Crippen molar-refractivity contribution >= 4 is 86.3 Å². The number of rotatable bonds is 27. The van der Waals surface area contributed by atoms with Crippen molar-refractivity contribution in [3.8, 4) is 0 Å². The Morgan fingerprint density at radius 1 is 0.786 bits per heavy atom. The zero-order chi connectivity index (χ0) is 84.5. The maximum absolute atomic E-state index is 15.7. The monoisotopic (exact) mass is 1640 g/mol. The molecule has 0 spiro atoms. The van der Waals surface area contributed by atoms with Crippen molar-refractivity contribution in [3.05, 3.63) is 213 Å². The molecule has 3 heterocycles. The molecular weight excluding hydrogens is 1530 g/mol. The molecule has 0 unspecified atom stereocenters. The molecule has 2 saturated carbocycles. The van der Waals surface area contributed by atoms with Gasteiger partial charge in [-0.1, -0.05) is 150 Å². The van der Waals surface area contributed by atoms with Crippen molar-refractivity contribution in [3.63, 3.8) is 0 Å². The fourth-order valence-corrected chi connectivity index (χ4v) is 20.3. The minimum absolute atomic E-state index is 0.0250. The topological polar surface area (TPSA) is 320 Å². The predicted molar refractivity (Wildman–Crippen MR) is 445 cm³/mol. The van der Waals surface area contributed by atoms with Crippen LogP contribution in [-0.2, 0) is 73.3 Å². The van der Waals surface area contributed by atoms with Gasteiger partial charge in [-0.05, 0) is 169 Å². The average molecular weight is 1640 g/mol. The minimum atomic E-state index is -4.13.